The Kier molecular flexibility index (Phi) is 6.71. The fraction of sp³-hybridized carbons (Fsp3) is 0.750. The van der Waals surface area contributed by atoms with E-state index < -0.39 is 42.6 Å². The van der Waals surface area contributed by atoms with Gasteiger partial charge in [-0.2, -0.15) is 0 Å². The van der Waals surface area contributed by atoms with Crippen molar-refractivity contribution in [1.82, 2.24) is 10.2 Å². The minimum Gasteiger partial charge on any atom is -0.465 e. The van der Waals surface area contributed by atoms with Crippen molar-refractivity contribution in [3.63, 3.8) is 0 Å². The second kappa shape index (κ2) is 7.92. The van der Waals surface area contributed by atoms with E-state index in [0.29, 0.717) is 5.57 Å². The van der Waals surface area contributed by atoms with E-state index in [1.165, 1.54) is 0 Å². The Labute approximate surface area is 141 Å². The lowest BCUT2D eigenvalue weighted by Crippen LogP contribution is -2.42. The van der Waals surface area contributed by atoms with Gasteiger partial charge in [0.25, 0.3) is 5.92 Å². The fourth-order valence-corrected chi connectivity index (χ4v) is 2.35. The number of nitrogens with one attached hydrogen (secondary N) is 1. The summed E-state index contributed by atoms with van der Waals surface area (Å²) in [6.07, 6.45) is -1.30. The Balaban J connectivity index is 2.66. The van der Waals surface area contributed by atoms with Gasteiger partial charge < -0.3 is 14.8 Å². The zero-order chi connectivity index (χ0) is 18.5. The fourth-order valence-electron chi connectivity index (χ4n) is 2.35. The molecule has 1 aliphatic heterocycles. The van der Waals surface area contributed by atoms with Gasteiger partial charge in [0.15, 0.2) is 0 Å². The van der Waals surface area contributed by atoms with Crippen molar-refractivity contribution in [1.29, 1.82) is 0 Å². The van der Waals surface area contributed by atoms with Crippen molar-refractivity contribution < 1.29 is 27.8 Å². The Morgan fingerprint density at radius 1 is 1.33 bits per heavy atom. The second-order valence-corrected chi connectivity index (χ2v) is 6.75. The number of alkyl halides is 2. The van der Waals surface area contributed by atoms with Crippen LogP contribution in [0.3, 0.4) is 0 Å². The number of ether oxygens (including phenoxy) is 2. The number of hydrogen-bond donors (Lipinski definition) is 1. The van der Waals surface area contributed by atoms with Gasteiger partial charge in [-0.15, -0.1) is 0 Å². The predicted molar refractivity (Wildman–Crippen MR) is 84.9 cm³/mol. The summed E-state index contributed by atoms with van der Waals surface area (Å²) in [7, 11) is 0. The minimum absolute atomic E-state index is 0.0532. The summed E-state index contributed by atoms with van der Waals surface area (Å²) in [6, 6.07) is -0.843. The molecule has 0 aromatic carbocycles. The first-order chi connectivity index (χ1) is 10.9. The van der Waals surface area contributed by atoms with Crippen molar-refractivity contribution in [3.05, 3.63) is 12.2 Å². The van der Waals surface area contributed by atoms with Gasteiger partial charge in [-0.25, -0.2) is 13.6 Å². The highest BCUT2D eigenvalue weighted by Crippen LogP contribution is 2.35. The molecular formula is C16H26F2N2O4. The van der Waals surface area contributed by atoms with Crippen molar-refractivity contribution >= 4 is 12.1 Å². The molecular weight excluding hydrogens is 322 g/mol. The van der Waals surface area contributed by atoms with Gasteiger partial charge in [0.05, 0.1) is 25.7 Å². The number of esters is 1. The molecule has 1 atom stereocenters. The van der Waals surface area contributed by atoms with Crippen LogP contribution in [0.4, 0.5) is 13.6 Å². The summed E-state index contributed by atoms with van der Waals surface area (Å²) in [5.41, 5.74) is -0.384. The topological polar surface area (TPSA) is 67.9 Å². The summed E-state index contributed by atoms with van der Waals surface area (Å²) in [5.74, 6) is -3.43. The van der Waals surface area contributed by atoms with Gasteiger partial charge in [-0.3, -0.25) is 9.69 Å². The molecule has 1 fully saturated rings. The Morgan fingerprint density at radius 2 is 1.96 bits per heavy atom. The number of hydrogen-bond acceptors (Lipinski definition) is 5. The van der Waals surface area contributed by atoms with Crippen LogP contribution in [0.1, 0.15) is 34.1 Å². The van der Waals surface area contributed by atoms with Gasteiger partial charge in [0, 0.05) is 13.0 Å². The van der Waals surface area contributed by atoms with Gasteiger partial charge in [-0.05, 0) is 33.3 Å². The molecule has 1 aliphatic rings. The van der Waals surface area contributed by atoms with Crippen LogP contribution in [0.15, 0.2) is 12.2 Å². The first-order valence-corrected chi connectivity index (χ1v) is 7.86. The number of carbonyl (C=O) groups is 2. The molecule has 0 spiro atoms. The predicted octanol–water partition coefficient (Wildman–Crippen LogP) is 2.34. The highest BCUT2D eigenvalue weighted by Gasteiger charge is 2.48. The number of rotatable bonds is 6. The van der Waals surface area contributed by atoms with E-state index in [4.69, 9.17) is 9.47 Å². The highest BCUT2D eigenvalue weighted by atomic mass is 19.3. The highest BCUT2D eigenvalue weighted by molar-refractivity contribution is 5.71. The van der Waals surface area contributed by atoms with E-state index in [1.54, 1.807) is 27.7 Å². The van der Waals surface area contributed by atoms with E-state index in [0.717, 1.165) is 4.90 Å². The molecule has 1 N–H and O–H groups in total. The van der Waals surface area contributed by atoms with E-state index in [-0.39, 0.29) is 19.7 Å². The molecule has 0 aliphatic carbocycles. The van der Waals surface area contributed by atoms with Crippen LogP contribution in [0, 0.1) is 0 Å². The van der Waals surface area contributed by atoms with Crippen molar-refractivity contribution in [2.75, 3.05) is 26.2 Å². The van der Waals surface area contributed by atoms with Crippen LogP contribution in [0.25, 0.3) is 0 Å². The summed E-state index contributed by atoms with van der Waals surface area (Å²) in [6.45, 7) is 10.1. The lowest BCUT2D eigenvalue weighted by Gasteiger charge is -2.29. The van der Waals surface area contributed by atoms with Crippen molar-refractivity contribution in [2.45, 2.75) is 51.7 Å². The lowest BCUT2D eigenvalue weighted by molar-refractivity contribution is -0.141. The van der Waals surface area contributed by atoms with Gasteiger partial charge in [0.1, 0.15) is 5.60 Å². The maximum atomic E-state index is 13.8. The third-order valence-corrected chi connectivity index (χ3v) is 3.30. The number of halogens is 2. The van der Waals surface area contributed by atoms with Crippen LogP contribution in [0.5, 0.6) is 0 Å². The number of nitrogens with zero attached hydrogens (tertiary/aromatic N) is 1. The first kappa shape index (κ1) is 20.3. The summed E-state index contributed by atoms with van der Waals surface area (Å²) >= 11 is 0. The van der Waals surface area contributed by atoms with Crippen molar-refractivity contribution in [2.24, 2.45) is 0 Å². The normalized spacial score (nSPS) is 19.9. The molecule has 1 amide bonds. The van der Waals surface area contributed by atoms with E-state index in [2.05, 4.69) is 11.9 Å². The SMILES string of the molecule is C=C(CNCC(=O)OCC)[C@H]1CC(F)(F)CN1C(=O)OC(C)(C)C. The lowest BCUT2D eigenvalue weighted by atomic mass is 10.1. The molecule has 0 radical (unpaired) electrons. The standard InChI is InChI=1S/C16H26F2N2O4/c1-6-23-13(21)9-19-8-11(2)12-7-16(17,18)10-20(12)14(22)24-15(3,4)5/h12,19H,2,6-10H2,1,3-5H3/t12-/m1/s1. The molecule has 0 bridgehead atoms. The largest absolute Gasteiger partial charge is 0.465 e. The molecule has 24 heavy (non-hydrogen) atoms. The molecule has 6 nitrogen and oxygen atoms in total. The molecule has 0 aromatic rings. The molecule has 138 valence electrons. The average molecular weight is 348 g/mol. The average Bonchev–Trinajstić information content (AvgIpc) is 2.73. The van der Waals surface area contributed by atoms with E-state index in [1.807, 2.05) is 0 Å². The molecule has 1 saturated heterocycles. The van der Waals surface area contributed by atoms with Gasteiger partial charge >= 0.3 is 12.1 Å². The van der Waals surface area contributed by atoms with Crippen LogP contribution >= 0.6 is 0 Å². The Hall–Kier alpha value is -1.70. The zero-order valence-corrected chi connectivity index (χ0v) is 14.7. The first-order valence-electron chi connectivity index (χ1n) is 7.86. The van der Waals surface area contributed by atoms with Crippen molar-refractivity contribution in [3.8, 4) is 0 Å². The minimum atomic E-state index is -2.99. The van der Waals surface area contributed by atoms with E-state index >= 15 is 0 Å². The van der Waals surface area contributed by atoms with Gasteiger partial charge in [-0.1, -0.05) is 6.58 Å². The quantitative estimate of drug-likeness (QED) is 0.589. The molecule has 1 rings (SSSR count). The molecule has 1 heterocycles. The summed E-state index contributed by atoms with van der Waals surface area (Å²) < 4.78 is 37.5. The van der Waals surface area contributed by atoms with E-state index in [9.17, 15) is 18.4 Å². The monoisotopic (exact) mass is 348 g/mol. The van der Waals surface area contributed by atoms with Gasteiger partial charge in [0.2, 0.25) is 0 Å². The number of carbonyl (C=O) groups excluding carboxylic acids is 2. The summed E-state index contributed by atoms with van der Waals surface area (Å²) in [4.78, 5) is 24.4. The third-order valence-electron chi connectivity index (χ3n) is 3.30. The number of amides is 1. The maximum Gasteiger partial charge on any atom is 0.411 e. The Morgan fingerprint density at radius 3 is 2.50 bits per heavy atom. The smallest absolute Gasteiger partial charge is 0.411 e. The second-order valence-electron chi connectivity index (χ2n) is 6.75. The Bertz CT molecular complexity index is 489. The third kappa shape index (κ3) is 6.43. The molecule has 8 heteroatoms. The van der Waals surface area contributed by atoms with Crippen LogP contribution in [-0.2, 0) is 14.3 Å². The summed E-state index contributed by atoms with van der Waals surface area (Å²) in [5, 5.41) is 2.78. The number of likely N-dealkylation sites (tertiary alicyclic amines) is 1. The van der Waals surface area contributed by atoms with Crippen LogP contribution < -0.4 is 5.32 Å². The molecule has 0 saturated carbocycles. The molecule has 0 aromatic heterocycles. The molecule has 0 unspecified atom stereocenters. The van der Waals surface area contributed by atoms with Crippen LogP contribution in [-0.4, -0.2) is 60.8 Å². The van der Waals surface area contributed by atoms with Crippen LogP contribution in [0.2, 0.25) is 0 Å². The maximum absolute atomic E-state index is 13.8. The zero-order valence-electron chi connectivity index (χ0n) is 14.7.